The first-order valence-electron chi connectivity index (χ1n) is 10.8. The number of nitrogens with one attached hydrogen (secondary N) is 1. The summed E-state index contributed by atoms with van der Waals surface area (Å²) in [6.07, 6.45) is 1.32. The van der Waals surface area contributed by atoms with Gasteiger partial charge in [-0.25, -0.2) is 14.8 Å². The van der Waals surface area contributed by atoms with E-state index in [4.69, 9.17) is 9.47 Å². The number of carboxylic acid groups (broad SMARTS) is 1. The SMILES string of the molecule is CCOc1cc2c(Nc3ccc(OCCN(CC)CC)cc3)c(C(=O)O)cnc2nc1C. The fourth-order valence-electron chi connectivity index (χ4n) is 3.40. The van der Waals surface area contributed by atoms with Gasteiger partial charge in [0.25, 0.3) is 0 Å². The number of carbonyl (C=O) groups is 1. The monoisotopic (exact) mass is 438 g/mol. The van der Waals surface area contributed by atoms with E-state index in [2.05, 4.69) is 34.0 Å². The van der Waals surface area contributed by atoms with Gasteiger partial charge in [0.15, 0.2) is 5.65 Å². The van der Waals surface area contributed by atoms with E-state index in [1.54, 1.807) is 6.07 Å². The molecule has 8 nitrogen and oxygen atoms in total. The molecular formula is C24H30N4O4. The highest BCUT2D eigenvalue weighted by molar-refractivity contribution is 6.04. The summed E-state index contributed by atoms with van der Waals surface area (Å²) in [5.41, 5.74) is 2.37. The summed E-state index contributed by atoms with van der Waals surface area (Å²) >= 11 is 0. The van der Waals surface area contributed by atoms with Crippen LogP contribution in [0, 0.1) is 6.92 Å². The molecule has 8 heteroatoms. The minimum atomic E-state index is -1.07. The van der Waals surface area contributed by atoms with Crippen LogP contribution < -0.4 is 14.8 Å². The smallest absolute Gasteiger partial charge is 0.339 e. The summed E-state index contributed by atoms with van der Waals surface area (Å²) in [4.78, 5) is 22.9. The molecule has 0 saturated heterocycles. The number of aromatic carboxylic acids is 1. The molecule has 0 spiro atoms. The van der Waals surface area contributed by atoms with Gasteiger partial charge < -0.3 is 24.8 Å². The molecule has 3 rings (SSSR count). The third-order valence-electron chi connectivity index (χ3n) is 5.23. The van der Waals surface area contributed by atoms with Crippen molar-refractivity contribution in [2.45, 2.75) is 27.7 Å². The molecular weight excluding hydrogens is 408 g/mol. The first kappa shape index (κ1) is 23.3. The zero-order valence-electron chi connectivity index (χ0n) is 19.0. The van der Waals surface area contributed by atoms with Crippen LogP contribution in [-0.2, 0) is 0 Å². The molecule has 2 heterocycles. The van der Waals surface area contributed by atoms with Gasteiger partial charge in [0, 0.05) is 23.8 Å². The summed E-state index contributed by atoms with van der Waals surface area (Å²) in [6, 6.07) is 9.23. The molecule has 0 amide bonds. The fraction of sp³-hybridized carbons (Fsp3) is 0.375. The second-order valence-electron chi connectivity index (χ2n) is 7.25. The van der Waals surface area contributed by atoms with Crippen LogP contribution in [0.15, 0.2) is 36.5 Å². The lowest BCUT2D eigenvalue weighted by Crippen LogP contribution is -2.27. The number of likely N-dealkylation sites (N-methyl/N-ethyl adjacent to an activating group) is 1. The van der Waals surface area contributed by atoms with Gasteiger partial charge in [0.1, 0.15) is 23.7 Å². The van der Waals surface area contributed by atoms with Gasteiger partial charge >= 0.3 is 5.97 Å². The van der Waals surface area contributed by atoms with Crippen molar-refractivity contribution in [3.05, 3.63) is 47.8 Å². The minimum Gasteiger partial charge on any atom is -0.492 e. The molecule has 0 aliphatic carbocycles. The fourth-order valence-corrected chi connectivity index (χ4v) is 3.40. The van der Waals surface area contributed by atoms with E-state index in [1.165, 1.54) is 6.20 Å². The molecule has 0 radical (unpaired) electrons. The lowest BCUT2D eigenvalue weighted by molar-refractivity contribution is 0.0697. The van der Waals surface area contributed by atoms with Crippen molar-refractivity contribution in [3.8, 4) is 11.5 Å². The van der Waals surface area contributed by atoms with E-state index in [0.717, 1.165) is 31.1 Å². The Hall–Kier alpha value is -3.39. The molecule has 0 aliphatic heterocycles. The molecule has 0 bridgehead atoms. The van der Waals surface area contributed by atoms with Crippen LogP contribution in [0.1, 0.15) is 36.8 Å². The van der Waals surface area contributed by atoms with Crippen molar-refractivity contribution in [1.82, 2.24) is 14.9 Å². The number of anilines is 2. The number of aryl methyl sites for hydroxylation is 1. The summed E-state index contributed by atoms with van der Waals surface area (Å²) in [5.74, 6) is 0.290. The van der Waals surface area contributed by atoms with E-state index in [0.29, 0.717) is 41.4 Å². The Morgan fingerprint density at radius 1 is 1.12 bits per heavy atom. The second-order valence-corrected chi connectivity index (χ2v) is 7.25. The molecule has 0 atom stereocenters. The number of nitrogens with zero attached hydrogens (tertiary/aromatic N) is 3. The normalized spacial score (nSPS) is 11.0. The lowest BCUT2D eigenvalue weighted by atomic mass is 10.1. The minimum absolute atomic E-state index is 0.0603. The number of fused-ring (bicyclic) bond motifs is 1. The number of pyridine rings is 2. The molecule has 170 valence electrons. The molecule has 0 unspecified atom stereocenters. The Labute approximate surface area is 188 Å². The molecule has 0 aliphatic rings. The number of benzene rings is 1. The van der Waals surface area contributed by atoms with Crippen molar-refractivity contribution in [1.29, 1.82) is 0 Å². The zero-order valence-corrected chi connectivity index (χ0v) is 19.0. The second kappa shape index (κ2) is 10.8. The Balaban J connectivity index is 1.86. The van der Waals surface area contributed by atoms with Gasteiger partial charge in [-0.3, -0.25) is 0 Å². The van der Waals surface area contributed by atoms with Crippen LogP contribution in [0.4, 0.5) is 11.4 Å². The van der Waals surface area contributed by atoms with E-state index in [1.807, 2.05) is 38.1 Å². The largest absolute Gasteiger partial charge is 0.492 e. The summed E-state index contributed by atoms with van der Waals surface area (Å²) in [5, 5.41) is 13.5. The quantitative estimate of drug-likeness (QED) is 0.452. The highest BCUT2D eigenvalue weighted by Gasteiger charge is 2.17. The Morgan fingerprint density at radius 3 is 2.47 bits per heavy atom. The van der Waals surface area contributed by atoms with E-state index in [-0.39, 0.29) is 5.56 Å². The van der Waals surface area contributed by atoms with E-state index >= 15 is 0 Å². The summed E-state index contributed by atoms with van der Waals surface area (Å²) in [7, 11) is 0. The summed E-state index contributed by atoms with van der Waals surface area (Å²) in [6.45, 7) is 11.9. The maximum absolute atomic E-state index is 11.9. The van der Waals surface area contributed by atoms with E-state index < -0.39 is 5.97 Å². The number of carboxylic acids is 1. The number of hydrogen-bond acceptors (Lipinski definition) is 7. The van der Waals surface area contributed by atoms with Gasteiger partial charge in [0.2, 0.25) is 0 Å². The van der Waals surface area contributed by atoms with Crippen LogP contribution in [0.25, 0.3) is 11.0 Å². The van der Waals surface area contributed by atoms with Crippen LogP contribution in [0.3, 0.4) is 0 Å². The molecule has 3 aromatic rings. The van der Waals surface area contributed by atoms with Gasteiger partial charge in [-0.15, -0.1) is 0 Å². The first-order valence-corrected chi connectivity index (χ1v) is 10.8. The average molecular weight is 439 g/mol. The highest BCUT2D eigenvalue weighted by atomic mass is 16.5. The van der Waals surface area contributed by atoms with Crippen LogP contribution >= 0.6 is 0 Å². The maximum Gasteiger partial charge on any atom is 0.339 e. The number of hydrogen-bond donors (Lipinski definition) is 2. The first-order chi connectivity index (χ1) is 15.5. The molecule has 1 aromatic carbocycles. The maximum atomic E-state index is 11.9. The molecule has 2 aromatic heterocycles. The highest BCUT2D eigenvalue weighted by Crippen LogP contribution is 2.32. The number of ether oxygens (including phenoxy) is 2. The summed E-state index contributed by atoms with van der Waals surface area (Å²) < 4.78 is 11.5. The van der Waals surface area contributed by atoms with E-state index in [9.17, 15) is 9.90 Å². The zero-order chi connectivity index (χ0) is 23.1. The number of rotatable bonds is 11. The third kappa shape index (κ3) is 5.45. The molecule has 0 fully saturated rings. The number of aromatic nitrogens is 2. The Bertz CT molecular complexity index is 1070. The van der Waals surface area contributed by atoms with Crippen LogP contribution in [0.2, 0.25) is 0 Å². The van der Waals surface area contributed by atoms with Gasteiger partial charge in [-0.2, -0.15) is 0 Å². The predicted molar refractivity (Wildman–Crippen MR) is 125 cm³/mol. The van der Waals surface area contributed by atoms with Crippen molar-refractivity contribution in [3.63, 3.8) is 0 Å². The van der Waals surface area contributed by atoms with Crippen molar-refractivity contribution >= 4 is 28.4 Å². The average Bonchev–Trinajstić information content (AvgIpc) is 2.78. The van der Waals surface area contributed by atoms with Crippen LogP contribution in [0.5, 0.6) is 11.5 Å². The van der Waals surface area contributed by atoms with Crippen molar-refractivity contribution in [2.75, 3.05) is 38.2 Å². The van der Waals surface area contributed by atoms with Gasteiger partial charge in [-0.1, -0.05) is 13.8 Å². The van der Waals surface area contributed by atoms with Crippen molar-refractivity contribution in [2.24, 2.45) is 0 Å². The Morgan fingerprint density at radius 2 is 1.84 bits per heavy atom. The predicted octanol–water partition coefficient (Wildman–Crippen LogP) is 4.50. The van der Waals surface area contributed by atoms with Gasteiger partial charge in [0.05, 0.1) is 18.0 Å². The molecule has 2 N–H and O–H groups in total. The molecule has 0 saturated carbocycles. The Kier molecular flexibility index (Phi) is 7.83. The topological polar surface area (TPSA) is 96.8 Å². The standard InChI is InChI=1S/C24H30N4O4/c1-5-28(6-2)12-13-32-18-10-8-17(9-11-18)27-22-19-14-21(31-7-3)16(4)26-23(19)25-15-20(22)24(29)30/h8-11,14-15H,5-7,12-13H2,1-4H3,(H,29,30)(H,25,26,27). The third-order valence-corrected chi connectivity index (χ3v) is 5.23. The van der Waals surface area contributed by atoms with Crippen molar-refractivity contribution < 1.29 is 19.4 Å². The van der Waals surface area contributed by atoms with Gasteiger partial charge in [-0.05, 0) is 57.3 Å². The lowest BCUT2D eigenvalue weighted by Gasteiger charge is -2.18. The van der Waals surface area contributed by atoms with Crippen LogP contribution in [-0.4, -0.2) is 58.8 Å². The molecule has 32 heavy (non-hydrogen) atoms.